The van der Waals surface area contributed by atoms with E-state index >= 15 is 0 Å². The number of nitrogens with zero attached hydrogens (tertiary/aromatic N) is 2. The molecule has 9 heteroatoms. The van der Waals surface area contributed by atoms with Gasteiger partial charge in [-0.05, 0) is 43.2 Å². The van der Waals surface area contributed by atoms with Crippen LogP contribution in [0.25, 0.3) is 0 Å². The number of aryl methyl sites for hydroxylation is 1. The van der Waals surface area contributed by atoms with E-state index in [1.807, 2.05) is 19.1 Å². The Balaban J connectivity index is 1.63. The molecule has 1 saturated heterocycles. The summed E-state index contributed by atoms with van der Waals surface area (Å²) in [6, 6.07) is 12.6. The molecule has 1 amide bonds. The van der Waals surface area contributed by atoms with Crippen molar-refractivity contribution < 1.29 is 27.5 Å². The van der Waals surface area contributed by atoms with E-state index in [9.17, 15) is 22.8 Å². The van der Waals surface area contributed by atoms with Gasteiger partial charge in [0.25, 0.3) is 0 Å². The van der Waals surface area contributed by atoms with Gasteiger partial charge in [-0.3, -0.25) is 9.59 Å². The molecule has 0 aromatic heterocycles. The monoisotopic (exact) mass is 472 g/mol. The molecule has 2 aromatic carbocycles. The summed E-state index contributed by atoms with van der Waals surface area (Å²) in [4.78, 5) is 38.1. The summed E-state index contributed by atoms with van der Waals surface area (Å²) in [7, 11) is -3.74. The Hall–Kier alpha value is -3.04. The van der Waals surface area contributed by atoms with Crippen LogP contribution in [-0.4, -0.2) is 67.6 Å². The average molecular weight is 473 g/mol. The van der Waals surface area contributed by atoms with Crippen molar-refractivity contribution >= 4 is 27.7 Å². The fourth-order valence-corrected chi connectivity index (χ4v) is 5.00. The van der Waals surface area contributed by atoms with Crippen molar-refractivity contribution in [2.45, 2.75) is 38.2 Å². The van der Waals surface area contributed by atoms with Crippen molar-refractivity contribution in [3.8, 4) is 0 Å². The topological polar surface area (TPSA) is 101 Å². The van der Waals surface area contributed by atoms with Crippen LogP contribution in [0.3, 0.4) is 0 Å². The Morgan fingerprint density at radius 3 is 1.97 bits per heavy atom. The highest BCUT2D eigenvalue weighted by atomic mass is 32.2. The Morgan fingerprint density at radius 1 is 0.909 bits per heavy atom. The Morgan fingerprint density at radius 2 is 1.45 bits per heavy atom. The molecule has 176 valence electrons. The van der Waals surface area contributed by atoms with Crippen LogP contribution in [0.15, 0.2) is 53.4 Å². The first-order valence-corrected chi connectivity index (χ1v) is 12.3. The summed E-state index contributed by atoms with van der Waals surface area (Å²) >= 11 is 0. The minimum Gasteiger partial charge on any atom is -0.451 e. The molecule has 2 aromatic rings. The molecule has 1 heterocycles. The second kappa shape index (κ2) is 10.3. The molecule has 1 atom stereocenters. The molecule has 0 N–H and O–H groups in total. The van der Waals surface area contributed by atoms with E-state index in [4.69, 9.17) is 4.74 Å². The van der Waals surface area contributed by atoms with Gasteiger partial charge in [-0.1, -0.05) is 31.2 Å². The number of ketones is 1. The first kappa shape index (κ1) is 24.6. The van der Waals surface area contributed by atoms with Gasteiger partial charge in [0, 0.05) is 38.7 Å². The van der Waals surface area contributed by atoms with E-state index in [2.05, 4.69) is 0 Å². The third-order valence-corrected chi connectivity index (χ3v) is 7.62. The Bertz CT molecular complexity index is 1120. The number of hydrogen-bond donors (Lipinski definition) is 0. The Labute approximate surface area is 194 Å². The number of esters is 1. The predicted octanol–water partition coefficient (Wildman–Crippen LogP) is 2.53. The van der Waals surface area contributed by atoms with Gasteiger partial charge in [0.2, 0.25) is 21.7 Å². The first-order chi connectivity index (χ1) is 15.6. The van der Waals surface area contributed by atoms with Crippen LogP contribution in [0.1, 0.15) is 47.1 Å². The molecule has 0 radical (unpaired) electrons. The summed E-state index contributed by atoms with van der Waals surface area (Å²) in [5.41, 5.74) is 1.71. The minimum absolute atomic E-state index is 0.0514. The lowest BCUT2D eigenvalue weighted by Crippen LogP contribution is -2.49. The van der Waals surface area contributed by atoms with Crippen LogP contribution >= 0.6 is 0 Å². The van der Waals surface area contributed by atoms with Gasteiger partial charge in [0.1, 0.15) is 0 Å². The Kier molecular flexibility index (Phi) is 7.65. The molecule has 0 aliphatic carbocycles. The van der Waals surface area contributed by atoms with Crippen molar-refractivity contribution in [1.82, 2.24) is 9.21 Å². The zero-order chi connectivity index (χ0) is 24.2. The van der Waals surface area contributed by atoms with Crippen molar-refractivity contribution in [1.29, 1.82) is 0 Å². The molecular formula is C24H28N2O6S. The fourth-order valence-electron chi connectivity index (χ4n) is 3.58. The lowest BCUT2D eigenvalue weighted by Gasteiger charge is -2.33. The molecule has 1 aliphatic heterocycles. The number of Topliss-reactive ketones (excluding diaryl/α,β-unsaturated/α-hetero) is 1. The lowest BCUT2D eigenvalue weighted by atomic mass is 10.0. The summed E-state index contributed by atoms with van der Waals surface area (Å²) in [6.07, 6.45) is -0.120. The molecule has 1 aliphatic rings. The largest absolute Gasteiger partial charge is 0.451 e. The fraction of sp³-hybridized carbons (Fsp3) is 0.375. The highest BCUT2D eigenvalue weighted by Gasteiger charge is 2.29. The van der Waals surface area contributed by atoms with Gasteiger partial charge in [-0.15, -0.1) is 0 Å². The second-order valence-corrected chi connectivity index (χ2v) is 9.83. The molecule has 8 nitrogen and oxygen atoms in total. The van der Waals surface area contributed by atoms with Crippen molar-refractivity contribution in [2.75, 3.05) is 26.2 Å². The number of sulfonamides is 1. The van der Waals surface area contributed by atoms with Crippen LogP contribution in [0.5, 0.6) is 0 Å². The minimum atomic E-state index is -3.74. The maximum absolute atomic E-state index is 12.9. The lowest BCUT2D eigenvalue weighted by molar-refractivity contribution is -0.129. The van der Waals surface area contributed by atoms with E-state index in [0.29, 0.717) is 18.7 Å². The van der Waals surface area contributed by atoms with Crippen LogP contribution in [0.4, 0.5) is 0 Å². The van der Waals surface area contributed by atoms with Crippen LogP contribution in [0, 0.1) is 0 Å². The van der Waals surface area contributed by atoms with E-state index < -0.39 is 22.1 Å². The summed E-state index contributed by atoms with van der Waals surface area (Å²) in [6.45, 7) is 6.09. The van der Waals surface area contributed by atoms with E-state index in [0.717, 1.165) is 12.0 Å². The number of amides is 1. The highest BCUT2D eigenvalue weighted by Crippen LogP contribution is 2.19. The third-order valence-electron chi connectivity index (χ3n) is 5.71. The molecule has 33 heavy (non-hydrogen) atoms. The van der Waals surface area contributed by atoms with Gasteiger partial charge >= 0.3 is 5.97 Å². The maximum atomic E-state index is 12.9. The average Bonchev–Trinajstić information content (AvgIpc) is 2.83. The van der Waals surface area contributed by atoms with Crippen LogP contribution in [0.2, 0.25) is 0 Å². The molecule has 1 unspecified atom stereocenters. The zero-order valence-corrected chi connectivity index (χ0v) is 19.8. The van der Waals surface area contributed by atoms with E-state index in [1.165, 1.54) is 42.4 Å². The first-order valence-electron chi connectivity index (χ1n) is 10.8. The smallest absolute Gasteiger partial charge is 0.338 e. The number of benzene rings is 2. The van der Waals surface area contributed by atoms with Gasteiger partial charge in [-0.2, -0.15) is 4.31 Å². The third kappa shape index (κ3) is 5.66. The number of carbonyl (C=O) groups excluding carboxylic acids is 3. The van der Waals surface area contributed by atoms with Crippen LogP contribution < -0.4 is 0 Å². The number of hydrogen-bond acceptors (Lipinski definition) is 6. The van der Waals surface area contributed by atoms with Crippen LogP contribution in [-0.2, 0) is 26.0 Å². The number of rotatable bonds is 7. The summed E-state index contributed by atoms with van der Waals surface area (Å²) < 4.78 is 32.4. The number of carbonyl (C=O) groups is 3. The summed E-state index contributed by atoms with van der Waals surface area (Å²) in [5, 5.41) is 0. The SMILES string of the molecule is CCc1ccc(C(=O)C(C)OC(=O)c2ccc(S(=O)(=O)N3CCN(C(C)=O)CC3)cc2)cc1. The normalized spacial score (nSPS) is 15.7. The summed E-state index contributed by atoms with van der Waals surface area (Å²) in [5.74, 6) is -1.10. The number of ether oxygens (including phenoxy) is 1. The maximum Gasteiger partial charge on any atom is 0.338 e. The van der Waals surface area contributed by atoms with Gasteiger partial charge in [0.15, 0.2) is 6.10 Å². The van der Waals surface area contributed by atoms with Crippen molar-refractivity contribution in [2.24, 2.45) is 0 Å². The van der Waals surface area contributed by atoms with Gasteiger partial charge < -0.3 is 9.64 Å². The predicted molar refractivity (Wildman–Crippen MR) is 122 cm³/mol. The van der Waals surface area contributed by atoms with Gasteiger partial charge in [-0.25, -0.2) is 13.2 Å². The van der Waals surface area contributed by atoms with E-state index in [-0.39, 0.29) is 35.2 Å². The zero-order valence-electron chi connectivity index (χ0n) is 19.0. The van der Waals surface area contributed by atoms with Crippen molar-refractivity contribution in [3.63, 3.8) is 0 Å². The molecule has 0 spiro atoms. The van der Waals surface area contributed by atoms with E-state index in [1.54, 1.807) is 17.0 Å². The molecule has 1 fully saturated rings. The second-order valence-electron chi connectivity index (χ2n) is 7.90. The number of piperazine rings is 1. The molecule has 3 rings (SSSR count). The molecular weight excluding hydrogens is 444 g/mol. The van der Waals surface area contributed by atoms with Crippen molar-refractivity contribution in [3.05, 3.63) is 65.2 Å². The molecule has 0 saturated carbocycles. The highest BCUT2D eigenvalue weighted by molar-refractivity contribution is 7.89. The standard InChI is InChI=1S/C24H28N2O6S/c1-4-19-5-7-20(8-6-19)23(28)17(2)32-24(29)21-9-11-22(12-10-21)33(30,31)26-15-13-25(14-16-26)18(3)27/h5-12,17H,4,13-16H2,1-3H3. The van der Waals surface area contributed by atoms with Gasteiger partial charge in [0.05, 0.1) is 10.5 Å². The molecule has 0 bridgehead atoms. The quantitative estimate of drug-likeness (QED) is 0.453.